The zero-order valence-electron chi connectivity index (χ0n) is 17.3. The smallest absolute Gasteiger partial charge is 0.241 e. The van der Waals surface area contributed by atoms with Crippen LogP contribution in [0.15, 0.2) is 4.99 Å². The van der Waals surface area contributed by atoms with Gasteiger partial charge < -0.3 is 20.3 Å². The Morgan fingerprint density at radius 2 is 2.11 bits per heavy atom. The van der Waals surface area contributed by atoms with Crippen LogP contribution in [0.25, 0.3) is 0 Å². The Kier molecular flexibility index (Phi) is 8.09. The van der Waals surface area contributed by atoms with Crippen LogP contribution in [0.4, 0.5) is 0 Å². The fraction of sp³-hybridized carbons (Fsp3) is 0.737. The highest BCUT2D eigenvalue weighted by atomic mass is 16.5. The van der Waals surface area contributed by atoms with Crippen molar-refractivity contribution in [1.29, 1.82) is 0 Å². The van der Waals surface area contributed by atoms with E-state index < -0.39 is 0 Å². The molecule has 1 unspecified atom stereocenters. The van der Waals surface area contributed by atoms with Gasteiger partial charge in [0.2, 0.25) is 5.91 Å². The Balaban J connectivity index is 2.09. The molecule has 152 valence electrons. The zero-order chi connectivity index (χ0) is 19.8. The van der Waals surface area contributed by atoms with E-state index in [0.717, 1.165) is 38.0 Å². The number of rotatable bonds is 8. The van der Waals surface area contributed by atoms with Crippen LogP contribution in [-0.2, 0) is 36.0 Å². The van der Waals surface area contributed by atoms with Gasteiger partial charge in [0, 0.05) is 45.6 Å². The van der Waals surface area contributed by atoms with Crippen LogP contribution in [0.1, 0.15) is 43.6 Å². The van der Waals surface area contributed by atoms with Crippen LogP contribution < -0.4 is 10.6 Å². The van der Waals surface area contributed by atoms with Gasteiger partial charge in [0.15, 0.2) is 5.96 Å². The van der Waals surface area contributed by atoms with Crippen LogP contribution in [0.3, 0.4) is 0 Å². The maximum absolute atomic E-state index is 11.9. The first-order valence-electron chi connectivity index (χ1n) is 9.83. The molecule has 0 aliphatic carbocycles. The lowest BCUT2D eigenvalue weighted by Crippen LogP contribution is -2.45. The van der Waals surface area contributed by atoms with Crippen molar-refractivity contribution in [3.8, 4) is 0 Å². The molecule has 27 heavy (non-hydrogen) atoms. The molecule has 1 atom stereocenters. The largest absolute Gasteiger partial charge is 0.376 e. The van der Waals surface area contributed by atoms with Crippen molar-refractivity contribution in [2.45, 2.75) is 52.2 Å². The maximum Gasteiger partial charge on any atom is 0.241 e. The van der Waals surface area contributed by atoms with Crippen molar-refractivity contribution in [3.63, 3.8) is 0 Å². The fourth-order valence-corrected chi connectivity index (χ4v) is 3.24. The van der Waals surface area contributed by atoms with E-state index in [-0.39, 0.29) is 18.6 Å². The Morgan fingerprint density at radius 1 is 1.33 bits per heavy atom. The number of amides is 1. The van der Waals surface area contributed by atoms with Crippen molar-refractivity contribution in [3.05, 3.63) is 17.0 Å². The number of nitrogens with zero attached hydrogens (tertiary/aromatic N) is 4. The van der Waals surface area contributed by atoms with E-state index >= 15 is 0 Å². The average Bonchev–Trinajstić information content (AvgIpc) is 3.27. The standard InChI is InChI=1S/C19H34N6O2/c1-6-16-15(17(7-2)25(5)23-16)12-21-19(22-13-18(26)24(3)4)20-11-14-9-8-10-27-14/h14H,6-13H2,1-5H3,(H2,20,21,22). The molecular formula is C19H34N6O2. The van der Waals surface area contributed by atoms with Crippen LogP contribution in [0.2, 0.25) is 0 Å². The molecule has 0 bridgehead atoms. The van der Waals surface area contributed by atoms with Crippen LogP contribution in [0, 0.1) is 0 Å². The molecule has 1 saturated heterocycles. The van der Waals surface area contributed by atoms with Crippen LogP contribution in [0.5, 0.6) is 0 Å². The molecular weight excluding hydrogens is 344 g/mol. The Hall–Kier alpha value is -2.09. The number of aromatic nitrogens is 2. The topological polar surface area (TPSA) is 83.8 Å². The number of nitrogens with one attached hydrogen (secondary N) is 2. The van der Waals surface area contributed by atoms with Crippen LogP contribution >= 0.6 is 0 Å². The number of guanidine groups is 1. The van der Waals surface area contributed by atoms with E-state index in [4.69, 9.17) is 9.73 Å². The van der Waals surface area contributed by atoms with Crippen molar-refractivity contribution in [2.24, 2.45) is 12.0 Å². The molecule has 1 aliphatic heterocycles. The summed E-state index contributed by atoms with van der Waals surface area (Å²) in [4.78, 5) is 18.2. The molecule has 1 aromatic heterocycles. The van der Waals surface area contributed by atoms with E-state index in [1.54, 1.807) is 19.0 Å². The van der Waals surface area contributed by atoms with Gasteiger partial charge in [0.25, 0.3) is 0 Å². The highest BCUT2D eigenvalue weighted by molar-refractivity contribution is 5.86. The molecule has 8 nitrogen and oxygen atoms in total. The number of aliphatic imine (C=N–C) groups is 1. The lowest BCUT2D eigenvalue weighted by molar-refractivity contribution is -0.127. The van der Waals surface area contributed by atoms with Gasteiger partial charge in [-0.25, -0.2) is 4.99 Å². The van der Waals surface area contributed by atoms with Crippen molar-refractivity contribution in [1.82, 2.24) is 25.3 Å². The summed E-state index contributed by atoms with van der Waals surface area (Å²) >= 11 is 0. The summed E-state index contributed by atoms with van der Waals surface area (Å²) in [6, 6.07) is 0. The summed E-state index contributed by atoms with van der Waals surface area (Å²) < 4.78 is 7.62. The molecule has 8 heteroatoms. The van der Waals surface area contributed by atoms with E-state index in [1.165, 1.54) is 11.3 Å². The number of carbonyl (C=O) groups is 1. The minimum absolute atomic E-state index is 0.00601. The molecule has 0 saturated carbocycles. The highest BCUT2D eigenvalue weighted by Gasteiger charge is 2.17. The summed E-state index contributed by atoms with van der Waals surface area (Å²) in [5, 5.41) is 11.1. The predicted molar refractivity (Wildman–Crippen MR) is 107 cm³/mol. The second kappa shape index (κ2) is 10.3. The lowest BCUT2D eigenvalue weighted by atomic mass is 10.1. The first-order valence-corrected chi connectivity index (χ1v) is 9.83. The second-order valence-corrected chi connectivity index (χ2v) is 7.03. The lowest BCUT2D eigenvalue weighted by Gasteiger charge is -2.17. The van der Waals surface area contributed by atoms with Gasteiger partial charge in [-0.3, -0.25) is 9.48 Å². The second-order valence-electron chi connectivity index (χ2n) is 7.03. The zero-order valence-corrected chi connectivity index (χ0v) is 17.3. The molecule has 0 spiro atoms. The fourth-order valence-electron chi connectivity index (χ4n) is 3.24. The van der Waals surface area contributed by atoms with Crippen molar-refractivity contribution < 1.29 is 9.53 Å². The maximum atomic E-state index is 11.9. The number of hydrogen-bond donors (Lipinski definition) is 2. The van der Waals surface area contributed by atoms with Crippen molar-refractivity contribution >= 4 is 11.9 Å². The quantitative estimate of drug-likeness (QED) is 0.518. The average molecular weight is 379 g/mol. The van der Waals surface area contributed by atoms with E-state index in [1.807, 2.05) is 11.7 Å². The first-order chi connectivity index (χ1) is 13.0. The number of aryl methyl sites for hydroxylation is 2. The first kappa shape index (κ1) is 21.2. The van der Waals surface area contributed by atoms with Gasteiger partial charge in [-0.2, -0.15) is 5.10 Å². The molecule has 1 aliphatic rings. The molecule has 2 rings (SSSR count). The van der Waals surface area contributed by atoms with Gasteiger partial charge in [-0.1, -0.05) is 13.8 Å². The number of likely N-dealkylation sites (N-methyl/N-ethyl adjacent to an activating group) is 1. The third-order valence-corrected chi connectivity index (χ3v) is 4.85. The van der Waals surface area contributed by atoms with E-state index in [0.29, 0.717) is 19.0 Å². The number of ether oxygens (including phenoxy) is 1. The van der Waals surface area contributed by atoms with Gasteiger partial charge in [-0.15, -0.1) is 0 Å². The van der Waals surface area contributed by atoms with Crippen molar-refractivity contribution in [2.75, 3.05) is 33.8 Å². The summed E-state index contributed by atoms with van der Waals surface area (Å²) in [7, 11) is 5.48. The van der Waals surface area contributed by atoms with Gasteiger partial charge in [0.1, 0.15) is 0 Å². The minimum Gasteiger partial charge on any atom is -0.376 e. The third-order valence-electron chi connectivity index (χ3n) is 4.85. The number of carbonyl (C=O) groups excluding carboxylic acids is 1. The Bertz CT molecular complexity index is 647. The van der Waals surface area contributed by atoms with Gasteiger partial charge in [0.05, 0.1) is 24.9 Å². The summed E-state index contributed by atoms with van der Waals surface area (Å²) in [6.45, 7) is 6.50. The van der Waals surface area contributed by atoms with Crippen LogP contribution in [-0.4, -0.2) is 66.4 Å². The molecule has 0 radical (unpaired) electrons. The van der Waals surface area contributed by atoms with Gasteiger partial charge in [-0.05, 0) is 25.7 Å². The minimum atomic E-state index is 0.00601. The van der Waals surface area contributed by atoms with Gasteiger partial charge >= 0.3 is 0 Å². The highest BCUT2D eigenvalue weighted by Crippen LogP contribution is 2.16. The molecule has 0 aromatic carbocycles. The Morgan fingerprint density at radius 3 is 2.70 bits per heavy atom. The monoisotopic (exact) mass is 378 g/mol. The predicted octanol–water partition coefficient (Wildman–Crippen LogP) is 0.847. The molecule has 2 N–H and O–H groups in total. The summed E-state index contributed by atoms with van der Waals surface area (Å²) in [5.41, 5.74) is 3.47. The van der Waals surface area contributed by atoms with E-state index in [9.17, 15) is 4.79 Å². The summed E-state index contributed by atoms with van der Waals surface area (Å²) in [5.74, 6) is 0.639. The normalized spacial score (nSPS) is 17.2. The van der Waals surface area contributed by atoms with E-state index in [2.05, 4.69) is 29.6 Å². The SMILES string of the molecule is CCc1nn(C)c(CC)c1CN=C(NCC(=O)N(C)C)NCC1CCCO1. The molecule has 2 heterocycles. The Labute approximate surface area is 162 Å². The molecule has 1 aromatic rings. The summed E-state index contributed by atoms with van der Waals surface area (Å²) in [6.07, 6.45) is 4.15. The number of hydrogen-bond acceptors (Lipinski definition) is 4. The molecule has 1 amide bonds. The molecule has 1 fully saturated rings. The third kappa shape index (κ3) is 5.95.